The fourth-order valence-electron chi connectivity index (χ4n) is 2.66. The summed E-state index contributed by atoms with van der Waals surface area (Å²) >= 11 is 0. The molecular formula is C19H20N2. The monoisotopic (exact) mass is 276 g/mol. The summed E-state index contributed by atoms with van der Waals surface area (Å²) in [6.45, 7) is 6.39. The zero-order valence-corrected chi connectivity index (χ0v) is 13.0. The van der Waals surface area contributed by atoms with Gasteiger partial charge in [0.25, 0.3) is 0 Å². The van der Waals surface area contributed by atoms with Crippen LogP contribution in [0.1, 0.15) is 22.4 Å². The van der Waals surface area contributed by atoms with Crippen molar-refractivity contribution in [1.82, 2.24) is 4.57 Å². The minimum absolute atomic E-state index is 1.01. The Kier molecular flexibility index (Phi) is 3.38. The second-order valence-corrected chi connectivity index (χ2v) is 5.60. The molecule has 1 aromatic heterocycles. The Morgan fingerprint density at radius 3 is 2.48 bits per heavy atom. The molecule has 2 nitrogen and oxygen atoms in total. The molecule has 3 rings (SSSR count). The average Bonchev–Trinajstić information content (AvgIpc) is 2.73. The molecule has 0 unspecified atom stereocenters. The first-order valence-electron chi connectivity index (χ1n) is 7.23. The van der Waals surface area contributed by atoms with Gasteiger partial charge in [-0.05, 0) is 50.1 Å². The van der Waals surface area contributed by atoms with E-state index in [0.717, 1.165) is 5.69 Å². The van der Waals surface area contributed by atoms with Gasteiger partial charge < -0.3 is 4.57 Å². The highest BCUT2D eigenvalue weighted by Crippen LogP contribution is 2.24. The molecule has 0 fully saturated rings. The molecule has 21 heavy (non-hydrogen) atoms. The van der Waals surface area contributed by atoms with Crippen molar-refractivity contribution in [3.05, 3.63) is 64.8 Å². The Hall–Kier alpha value is -2.35. The molecule has 0 bridgehead atoms. The van der Waals surface area contributed by atoms with Gasteiger partial charge in [-0.1, -0.05) is 24.3 Å². The zero-order valence-electron chi connectivity index (χ0n) is 13.0. The van der Waals surface area contributed by atoms with E-state index >= 15 is 0 Å². The van der Waals surface area contributed by atoms with Crippen molar-refractivity contribution in [2.75, 3.05) is 0 Å². The number of hydrogen-bond donors (Lipinski definition) is 0. The number of para-hydroxylation sites is 1. The van der Waals surface area contributed by atoms with Gasteiger partial charge in [0, 0.05) is 35.4 Å². The Labute approximate surface area is 125 Å². The van der Waals surface area contributed by atoms with E-state index in [2.05, 4.69) is 79.8 Å². The number of aryl methyl sites for hydroxylation is 3. The highest BCUT2D eigenvalue weighted by Gasteiger charge is 2.09. The van der Waals surface area contributed by atoms with E-state index in [1.165, 1.54) is 33.3 Å². The molecule has 2 aromatic carbocycles. The van der Waals surface area contributed by atoms with Crippen LogP contribution in [0, 0.1) is 20.8 Å². The predicted octanol–water partition coefficient (Wildman–Crippen LogP) is 4.85. The maximum atomic E-state index is 4.66. The topological polar surface area (TPSA) is 17.3 Å². The van der Waals surface area contributed by atoms with Crippen LogP contribution >= 0.6 is 0 Å². The van der Waals surface area contributed by atoms with E-state index in [9.17, 15) is 0 Å². The third-order valence-corrected chi connectivity index (χ3v) is 4.28. The molecule has 2 heteroatoms. The molecule has 106 valence electrons. The molecule has 0 amide bonds. The van der Waals surface area contributed by atoms with Crippen LogP contribution in [0.3, 0.4) is 0 Å². The first-order valence-corrected chi connectivity index (χ1v) is 7.23. The predicted molar refractivity (Wildman–Crippen MR) is 90.8 cm³/mol. The van der Waals surface area contributed by atoms with Crippen LogP contribution in [0.2, 0.25) is 0 Å². The number of aliphatic imine (C=N–C) groups is 1. The average molecular weight is 276 g/mol. The van der Waals surface area contributed by atoms with Crippen LogP contribution in [0.25, 0.3) is 10.9 Å². The number of nitrogens with zero attached hydrogens (tertiary/aromatic N) is 2. The van der Waals surface area contributed by atoms with Crippen molar-refractivity contribution in [1.29, 1.82) is 0 Å². The van der Waals surface area contributed by atoms with Gasteiger partial charge in [0.1, 0.15) is 0 Å². The summed E-state index contributed by atoms with van der Waals surface area (Å²) in [5.41, 5.74) is 7.27. The Morgan fingerprint density at radius 1 is 0.952 bits per heavy atom. The highest BCUT2D eigenvalue weighted by molar-refractivity contribution is 6.01. The molecule has 0 N–H and O–H groups in total. The standard InChI is InChI=1S/C19H20N2/c1-13-9-10-16(11-14(13)2)20-12-18-15(3)21(4)19-8-6-5-7-17(18)19/h5-12H,1-4H3. The van der Waals surface area contributed by atoms with Crippen molar-refractivity contribution < 1.29 is 0 Å². The lowest BCUT2D eigenvalue weighted by Crippen LogP contribution is -1.91. The van der Waals surface area contributed by atoms with Gasteiger partial charge in [0.05, 0.1) is 5.69 Å². The molecular weight excluding hydrogens is 256 g/mol. The second kappa shape index (κ2) is 5.21. The molecule has 0 saturated carbocycles. The van der Waals surface area contributed by atoms with Crippen LogP contribution in [0.15, 0.2) is 47.5 Å². The van der Waals surface area contributed by atoms with Gasteiger partial charge in [-0.2, -0.15) is 0 Å². The zero-order chi connectivity index (χ0) is 15.0. The molecule has 0 atom stereocenters. The van der Waals surface area contributed by atoms with Crippen LogP contribution < -0.4 is 0 Å². The van der Waals surface area contributed by atoms with Crippen LogP contribution in [-0.4, -0.2) is 10.8 Å². The molecule has 0 aliphatic heterocycles. The van der Waals surface area contributed by atoms with Crippen molar-refractivity contribution >= 4 is 22.8 Å². The number of benzene rings is 2. The molecule has 0 spiro atoms. The summed E-state index contributed by atoms with van der Waals surface area (Å²) < 4.78 is 2.22. The van der Waals surface area contributed by atoms with Gasteiger partial charge in [-0.25, -0.2) is 0 Å². The fraction of sp³-hybridized carbons (Fsp3) is 0.211. The van der Waals surface area contributed by atoms with Crippen molar-refractivity contribution in [3.8, 4) is 0 Å². The highest BCUT2D eigenvalue weighted by atomic mass is 14.9. The van der Waals surface area contributed by atoms with Crippen molar-refractivity contribution in [2.45, 2.75) is 20.8 Å². The van der Waals surface area contributed by atoms with E-state index in [1.54, 1.807) is 0 Å². The Bertz CT molecular complexity index is 838. The lowest BCUT2D eigenvalue weighted by molar-refractivity contribution is 0.917. The Morgan fingerprint density at radius 2 is 1.71 bits per heavy atom. The summed E-state index contributed by atoms with van der Waals surface area (Å²) in [6.07, 6.45) is 1.99. The molecule has 3 aromatic rings. The Balaban J connectivity index is 2.07. The van der Waals surface area contributed by atoms with Crippen molar-refractivity contribution in [2.24, 2.45) is 12.0 Å². The second-order valence-electron chi connectivity index (χ2n) is 5.60. The maximum Gasteiger partial charge on any atom is 0.0632 e. The fourth-order valence-corrected chi connectivity index (χ4v) is 2.66. The summed E-state index contributed by atoms with van der Waals surface area (Å²) in [5, 5.41) is 1.25. The van der Waals surface area contributed by atoms with Crippen LogP contribution in [0.5, 0.6) is 0 Å². The van der Waals surface area contributed by atoms with E-state index in [1.807, 2.05) is 6.21 Å². The van der Waals surface area contributed by atoms with E-state index in [4.69, 9.17) is 0 Å². The van der Waals surface area contributed by atoms with Gasteiger partial charge in [0.2, 0.25) is 0 Å². The largest absolute Gasteiger partial charge is 0.347 e. The SMILES string of the molecule is Cc1ccc(N=Cc2c(C)n(C)c3ccccc23)cc1C. The number of hydrogen-bond acceptors (Lipinski definition) is 1. The van der Waals surface area contributed by atoms with Crippen LogP contribution in [-0.2, 0) is 7.05 Å². The van der Waals surface area contributed by atoms with E-state index in [0.29, 0.717) is 0 Å². The van der Waals surface area contributed by atoms with Gasteiger partial charge in [0.15, 0.2) is 0 Å². The summed E-state index contributed by atoms with van der Waals surface area (Å²) in [4.78, 5) is 4.66. The van der Waals surface area contributed by atoms with Crippen LogP contribution in [0.4, 0.5) is 5.69 Å². The quantitative estimate of drug-likeness (QED) is 0.595. The van der Waals surface area contributed by atoms with Gasteiger partial charge >= 0.3 is 0 Å². The minimum atomic E-state index is 1.01. The summed E-state index contributed by atoms with van der Waals surface area (Å²) in [7, 11) is 2.10. The summed E-state index contributed by atoms with van der Waals surface area (Å²) in [5.74, 6) is 0. The molecule has 0 saturated heterocycles. The van der Waals surface area contributed by atoms with Gasteiger partial charge in [-0.15, -0.1) is 0 Å². The first kappa shape index (κ1) is 13.6. The van der Waals surface area contributed by atoms with E-state index in [-0.39, 0.29) is 0 Å². The molecule has 1 heterocycles. The lowest BCUT2D eigenvalue weighted by Gasteiger charge is -2.01. The van der Waals surface area contributed by atoms with E-state index < -0.39 is 0 Å². The third-order valence-electron chi connectivity index (χ3n) is 4.28. The van der Waals surface area contributed by atoms with Crippen molar-refractivity contribution in [3.63, 3.8) is 0 Å². The molecule has 0 radical (unpaired) electrons. The lowest BCUT2D eigenvalue weighted by atomic mass is 10.1. The van der Waals surface area contributed by atoms with Gasteiger partial charge in [-0.3, -0.25) is 4.99 Å². The first-order chi connectivity index (χ1) is 10.1. The smallest absolute Gasteiger partial charge is 0.0632 e. The molecule has 0 aliphatic rings. The number of fused-ring (bicyclic) bond motifs is 1. The number of rotatable bonds is 2. The minimum Gasteiger partial charge on any atom is -0.347 e. The number of aromatic nitrogens is 1. The normalized spacial score (nSPS) is 11.6. The maximum absolute atomic E-state index is 4.66. The third kappa shape index (κ3) is 2.38. The summed E-state index contributed by atoms with van der Waals surface area (Å²) in [6, 6.07) is 14.8. The molecule has 0 aliphatic carbocycles.